The minimum absolute atomic E-state index is 0.142. The van der Waals surface area contributed by atoms with E-state index in [2.05, 4.69) is 5.32 Å². The van der Waals surface area contributed by atoms with Crippen molar-refractivity contribution in [2.75, 3.05) is 23.7 Å². The van der Waals surface area contributed by atoms with Crippen molar-refractivity contribution in [3.05, 3.63) is 65.2 Å². The number of nitrogens with one attached hydrogen (secondary N) is 1. The van der Waals surface area contributed by atoms with Gasteiger partial charge in [-0.15, -0.1) is 0 Å². The maximum absolute atomic E-state index is 13.3. The number of nitrogens with zero attached hydrogens (tertiary/aromatic N) is 2. The Kier molecular flexibility index (Phi) is 8.88. The van der Waals surface area contributed by atoms with Gasteiger partial charge in [0.25, 0.3) is 0 Å². The molecule has 0 heterocycles. The van der Waals surface area contributed by atoms with Gasteiger partial charge in [-0.05, 0) is 43.2 Å². The number of sulfonamides is 1. The number of anilines is 1. The summed E-state index contributed by atoms with van der Waals surface area (Å²) in [5.41, 5.74) is 1.16. The van der Waals surface area contributed by atoms with Gasteiger partial charge in [-0.1, -0.05) is 48.9 Å². The number of para-hydroxylation sites is 1. The number of halogens is 1. The van der Waals surface area contributed by atoms with E-state index in [4.69, 9.17) is 11.6 Å². The number of carbonyl (C=O) groups is 2. The van der Waals surface area contributed by atoms with E-state index in [1.807, 2.05) is 6.92 Å². The minimum atomic E-state index is -3.72. The van der Waals surface area contributed by atoms with Crippen molar-refractivity contribution < 1.29 is 18.0 Å². The molecule has 0 saturated carbocycles. The number of amides is 2. The molecule has 9 heteroatoms. The van der Waals surface area contributed by atoms with Crippen LogP contribution in [0.1, 0.15) is 25.8 Å². The first-order valence-electron chi connectivity index (χ1n) is 9.98. The van der Waals surface area contributed by atoms with Gasteiger partial charge in [0.1, 0.15) is 12.6 Å². The Morgan fingerprint density at radius 2 is 1.68 bits per heavy atom. The third kappa shape index (κ3) is 7.25. The van der Waals surface area contributed by atoms with Crippen LogP contribution in [0.4, 0.5) is 5.69 Å². The zero-order valence-corrected chi connectivity index (χ0v) is 19.5. The van der Waals surface area contributed by atoms with Gasteiger partial charge in [0.15, 0.2) is 0 Å². The summed E-state index contributed by atoms with van der Waals surface area (Å²) in [5.74, 6) is -0.779. The van der Waals surface area contributed by atoms with Crippen molar-refractivity contribution in [2.45, 2.75) is 32.9 Å². The molecule has 2 aromatic carbocycles. The van der Waals surface area contributed by atoms with E-state index >= 15 is 0 Å². The van der Waals surface area contributed by atoms with Crippen LogP contribution in [0.3, 0.4) is 0 Å². The van der Waals surface area contributed by atoms with Crippen molar-refractivity contribution in [1.82, 2.24) is 10.2 Å². The number of benzene rings is 2. The molecule has 0 radical (unpaired) electrons. The smallest absolute Gasteiger partial charge is 0.244 e. The predicted octanol–water partition coefficient (Wildman–Crippen LogP) is 3.05. The largest absolute Gasteiger partial charge is 0.354 e. The first-order chi connectivity index (χ1) is 14.6. The monoisotopic (exact) mass is 465 g/mol. The van der Waals surface area contributed by atoms with E-state index in [1.165, 1.54) is 4.90 Å². The molecule has 0 aliphatic carbocycles. The maximum atomic E-state index is 13.3. The van der Waals surface area contributed by atoms with Crippen LogP contribution >= 0.6 is 11.6 Å². The summed E-state index contributed by atoms with van der Waals surface area (Å²) >= 11 is 5.95. The van der Waals surface area contributed by atoms with Crippen molar-refractivity contribution in [1.29, 1.82) is 0 Å². The van der Waals surface area contributed by atoms with Gasteiger partial charge in [-0.3, -0.25) is 13.9 Å². The first kappa shape index (κ1) is 24.7. The van der Waals surface area contributed by atoms with Crippen molar-refractivity contribution in [3.63, 3.8) is 0 Å². The minimum Gasteiger partial charge on any atom is -0.354 e. The maximum Gasteiger partial charge on any atom is 0.244 e. The van der Waals surface area contributed by atoms with E-state index in [1.54, 1.807) is 61.5 Å². The average Bonchev–Trinajstić information content (AvgIpc) is 2.74. The van der Waals surface area contributed by atoms with Crippen LogP contribution in [0.2, 0.25) is 5.02 Å². The summed E-state index contributed by atoms with van der Waals surface area (Å²) in [6.45, 7) is 3.79. The van der Waals surface area contributed by atoms with E-state index in [0.717, 1.165) is 22.5 Å². The molecular formula is C22H28ClN3O4S. The Morgan fingerprint density at radius 3 is 2.23 bits per heavy atom. The lowest BCUT2D eigenvalue weighted by molar-refractivity contribution is -0.139. The van der Waals surface area contributed by atoms with Crippen LogP contribution in [0.5, 0.6) is 0 Å². The topological polar surface area (TPSA) is 86.8 Å². The molecule has 0 aliphatic rings. The third-order valence-electron chi connectivity index (χ3n) is 4.71. The highest BCUT2D eigenvalue weighted by Gasteiger charge is 2.29. The molecule has 0 fully saturated rings. The lowest BCUT2D eigenvalue weighted by Crippen LogP contribution is -2.51. The third-order valence-corrected chi connectivity index (χ3v) is 6.10. The normalized spacial score (nSPS) is 12.1. The molecule has 0 unspecified atom stereocenters. The number of rotatable bonds is 10. The quantitative estimate of drug-likeness (QED) is 0.584. The molecule has 7 nitrogen and oxygen atoms in total. The molecule has 2 amide bonds. The zero-order chi connectivity index (χ0) is 23.0. The standard InChI is InChI=1S/C22H28ClN3O4S/c1-4-14-24-22(28)17(2)25(15-18-10-12-19(23)13-11-18)21(27)16-26(31(3,29)30)20-8-6-5-7-9-20/h5-13,17H,4,14-16H2,1-3H3,(H,24,28)/t17-/m0/s1. The fourth-order valence-electron chi connectivity index (χ4n) is 2.97. The summed E-state index contributed by atoms with van der Waals surface area (Å²) in [5, 5.41) is 3.35. The van der Waals surface area contributed by atoms with Gasteiger partial charge in [-0.2, -0.15) is 0 Å². The highest BCUT2D eigenvalue weighted by molar-refractivity contribution is 7.92. The van der Waals surface area contributed by atoms with Crippen LogP contribution < -0.4 is 9.62 Å². The van der Waals surface area contributed by atoms with Gasteiger partial charge in [-0.25, -0.2) is 8.42 Å². The second-order valence-electron chi connectivity index (χ2n) is 7.22. The molecule has 1 atom stereocenters. The zero-order valence-electron chi connectivity index (χ0n) is 17.9. The Balaban J connectivity index is 2.32. The number of hydrogen-bond donors (Lipinski definition) is 1. The molecule has 1 N–H and O–H groups in total. The Bertz CT molecular complexity index is 982. The van der Waals surface area contributed by atoms with Crippen LogP contribution in [-0.4, -0.2) is 50.5 Å². The van der Waals surface area contributed by atoms with E-state index in [-0.39, 0.29) is 12.5 Å². The van der Waals surface area contributed by atoms with Crippen molar-refractivity contribution in [2.24, 2.45) is 0 Å². The van der Waals surface area contributed by atoms with Crippen molar-refractivity contribution >= 4 is 39.1 Å². The van der Waals surface area contributed by atoms with Crippen molar-refractivity contribution in [3.8, 4) is 0 Å². The van der Waals surface area contributed by atoms with E-state index in [9.17, 15) is 18.0 Å². The highest BCUT2D eigenvalue weighted by Crippen LogP contribution is 2.19. The SMILES string of the molecule is CCCNC(=O)[C@H](C)N(Cc1ccc(Cl)cc1)C(=O)CN(c1ccccc1)S(C)(=O)=O. The first-order valence-corrected chi connectivity index (χ1v) is 12.2. The number of hydrogen-bond acceptors (Lipinski definition) is 4. The van der Waals surface area contributed by atoms with Crippen LogP contribution in [0.25, 0.3) is 0 Å². The predicted molar refractivity (Wildman–Crippen MR) is 123 cm³/mol. The molecular weight excluding hydrogens is 438 g/mol. The van der Waals surface area contributed by atoms with Gasteiger partial charge in [0.2, 0.25) is 21.8 Å². The number of carbonyl (C=O) groups excluding carboxylic acids is 2. The molecule has 31 heavy (non-hydrogen) atoms. The lowest BCUT2D eigenvalue weighted by Gasteiger charge is -2.31. The van der Waals surface area contributed by atoms with Crippen LogP contribution in [-0.2, 0) is 26.2 Å². The fraction of sp³-hybridized carbons (Fsp3) is 0.364. The van der Waals surface area contributed by atoms with Crippen LogP contribution in [0.15, 0.2) is 54.6 Å². The van der Waals surface area contributed by atoms with Gasteiger partial charge in [0, 0.05) is 18.1 Å². The average molecular weight is 466 g/mol. The second kappa shape index (κ2) is 11.2. The van der Waals surface area contributed by atoms with E-state index < -0.39 is 28.5 Å². The van der Waals surface area contributed by atoms with Gasteiger partial charge >= 0.3 is 0 Å². The molecule has 168 valence electrons. The Morgan fingerprint density at radius 1 is 1.06 bits per heavy atom. The van der Waals surface area contributed by atoms with Gasteiger partial charge in [0.05, 0.1) is 11.9 Å². The second-order valence-corrected chi connectivity index (χ2v) is 9.56. The summed E-state index contributed by atoms with van der Waals surface area (Å²) in [7, 11) is -3.72. The Labute approximate surface area is 189 Å². The van der Waals surface area contributed by atoms with E-state index in [0.29, 0.717) is 17.3 Å². The highest BCUT2D eigenvalue weighted by atomic mass is 35.5. The van der Waals surface area contributed by atoms with Crippen LogP contribution in [0, 0.1) is 0 Å². The molecule has 0 bridgehead atoms. The Hall–Kier alpha value is -2.58. The summed E-state index contributed by atoms with van der Waals surface area (Å²) in [4.78, 5) is 27.2. The molecule has 0 aliphatic heterocycles. The fourth-order valence-corrected chi connectivity index (χ4v) is 3.95. The molecule has 0 spiro atoms. The molecule has 0 aromatic heterocycles. The molecule has 0 saturated heterocycles. The van der Waals surface area contributed by atoms with Gasteiger partial charge < -0.3 is 10.2 Å². The lowest BCUT2D eigenvalue weighted by atomic mass is 10.1. The summed E-state index contributed by atoms with van der Waals surface area (Å²) < 4.78 is 25.8. The molecule has 2 rings (SSSR count). The molecule has 2 aromatic rings. The summed E-state index contributed by atoms with van der Waals surface area (Å²) in [6.07, 6.45) is 1.81. The summed E-state index contributed by atoms with van der Waals surface area (Å²) in [6, 6.07) is 14.6.